The molecule has 0 aromatic carbocycles. The van der Waals surface area contributed by atoms with Crippen LogP contribution in [0.25, 0.3) is 0 Å². The van der Waals surface area contributed by atoms with Gasteiger partial charge in [-0.1, -0.05) is 17.7 Å². The molecule has 0 spiro atoms. The summed E-state index contributed by atoms with van der Waals surface area (Å²) in [6.45, 7) is 3.58. The maximum Gasteiger partial charge on any atom is 0.258 e. The van der Waals surface area contributed by atoms with E-state index in [1.54, 1.807) is 18.2 Å². The van der Waals surface area contributed by atoms with Crippen molar-refractivity contribution < 1.29 is 14.3 Å². The number of rotatable bonds is 5. The average Bonchev–Trinajstić information content (AvgIpc) is 2.63. The number of hydrogen-bond donors (Lipinski definition) is 2. The summed E-state index contributed by atoms with van der Waals surface area (Å²) in [7, 11) is 1.51. The third kappa shape index (κ3) is 4.11. The number of nitrogens with one attached hydrogen (secondary N) is 2. The lowest BCUT2D eigenvalue weighted by atomic mass is 10.1. The topological polar surface area (TPSA) is 96.5 Å². The number of carbonyl (C=O) groups excluding carboxylic acids is 2. The van der Waals surface area contributed by atoms with Gasteiger partial charge in [0, 0.05) is 12.1 Å². The highest BCUT2D eigenvalue weighted by molar-refractivity contribution is 6.30. The molecule has 2 aromatic heterocycles. The molecular formula is C18H20ClN5O3. The first kappa shape index (κ1) is 18.9. The lowest BCUT2D eigenvalue weighted by Crippen LogP contribution is -2.49. The maximum atomic E-state index is 13.1. The highest BCUT2D eigenvalue weighted by atomic mass is 35.5. The van der Waals surface area contributed by atoms with Crippen molar-refractivity contribution in [2.75, 3.05) is 19.0 Å². The Morgan fingerprint density at radius 2 is 2.22 bits per heavy atom. The van der Waals surface area contributed by atoms with Gasteiger partial charge in [-0.3, -0.25) is 9.59 Å². The number of ether oxygens (including phenoxy) is 1. The van der Waals surface area contributed by atoms with Gasteiger partial charge in [-0.2, -0.15) is 0 Å². The molecule has 8 nitrogen and oxygen atoms in total. The van der Waals surface area contributed by atoms with Gasteiger partial charge in [0.2, 0.25) is 11.8 Å². The summed E-state index contributed by atoms with van der Waals surface area (Å²) in [5, 5.41) is 6.22. The van der Waals surface area contributed by atoms with Crippen molar-refractivity contribution in [3.63, 3.8) is 0 Å². The Kier molecular flexibility index (Phi) is 5.46. The molecule has 0 radical (unpaired) electrons. The first-order valence-corrected chi connectivity index (χ1v) is 8.80. The number of aromatic nitrogens is 2. The molecule has 1 atom stereocenters. The molecule has 2 amide bonds. The molecule has 0 fully saturated rings. The summed E-state index contributed by atoms with van der Waals surface area (Å²) in [6, 6.07) is 6.68. The summed E-state index contributed by atoms with van der Waals surface area (Å²) in [5.74, 6) is -0.188. The number of hydrogen-bond acceptors (Lipinski definition) is 6. The minimum absolute atomic E-state index is 0.0373. The third-order valence-electron chi connectivity index (χ3n) is 3.96. The summed E-state index contributed by atoms with van der Waals surface area (Å²) >= 11 is 5.94. The average molecular weight is 390 g/mol. The molecule has 0 saturated carbocycles. The van der Waals surface area contributed by atoms with Gasteiger partial charge in [0.15, 0.2) is 0 Å². The molecule has 2 aromatic rings. The predicted molar refractivity (Wildman–Crippen MR) is 101 cm³/mol. The second-order valence-corrected chi connectivity index (χ2v) is 6.75. The van der Waals surface area contributed by atoms with Crippen molar-refractivity contribution >= 4 is 29.1 Å². The third-order valence-corrected chi connectivity index (χ3v) is 4.17. The zero-order valence-corrected chi connectivity index (χ0v) is 15.9. The Morgan fingerprint density at radius 1 is 1.44 bits per heavy atom. The minimum Gasteiger partial charge on any atom is -0.481 e. The Bertz CT molecular complexity index is 874. The second kappa shape index (κ2) is 7.79. The van der Waals surface area contributed by atoms with Crippen molar-refractivity contribution in [3.8, 4) is 5.88 Å². The zero-order chi connectivity index (χ0) is 19.6. The molecule has 1 aliphatic heterocycles. The van der Waals surface area contributed by atoms with E-state index in [-0.39, 0.29) is 29.6 Å². The van der Waals surface area contributed by atoms with E-state index < -0.39 is 6.17 Å². The number of anilines is 1. The van der Waals surface area contributed by atoms with Crippen molar-refractivity contribution in [2.45, 2.75) is 26.1 Å². The van der Waals surface area contributed by atoms with Gasteiger partial charge >= 0.3 is 0 Å². The van der Waals surface area contributed by atoms with Crippen LogP contribution in [0.1, 0.15) is 36.1 Å². The summed E-state index contributed by atoms with van der Waals surface area (Å²) in [6.07, 6.45) is 0.842. The highest BCUT2D eigenvalue weighted by Crippen LogP contribution is 2.33. The van der Waals surface area contributed by atoms with E-state index >= 15 is 0 Å². The van der Waals surface area contributed by atoms with E-state index in [2.05, 4.69) is 20.6 Å². The Hall–Kier alpha value is -2.87. The minimum atomic E-state index is -0.652. The number of halogens is 1. The van der Waals surface area contributed by atoms with E-state index in [0.717, 1.165) is 0 Å². The Labute approximate surface area is 161 Å². The van der Waals surface area contributed by atoms with Gasteiger partial charge in [0.1, 0.15) is 17.9 Å². The van der Waals surface area contributed by atoms with Crippen LogP contribution in [0, 0.1) is 0 Å². The monoisotopic (exact) mass is 389 g/mol. The fourth-order valence-electron chi connectivity index (χ4n) is 2.83. The van der Waals surface area contributed by atoms with Crippen LogP contribution in [0.4, 0.5) is 5.69 Å². The largest absolute Gasteiger partial charge is 0.481 e. The lowest BCUT2D eigenvalue weighted by molar-refractivity contribution is -0.122. The number of pyridine rings is 2. The second-order valence-electron chi connectivity index (χ2n) is 6.36. The first-order chi connectivity index (χ1) is 12.9. The smallest absolute Gasteiger partial charge is 0.258 e. The van der Waals surface area contributed by atoms with Crippen molar-refractivity contribution in [2.24, 2.45) is 0 Å². The first-order valence-electron chi connectivity index (χ1n) is 8.42. The predicted octanol–water partition coefficient (Wildman–Crippen LogP) is 2.23. The van der Waals surface area contributed by atoms with E-state index in [0.29, 0.717) is 22.8 Å². The molecule has 0 saturated heterocycles. The van der Waals surface area contributed by atoms with Crippen molar-refractivity contribution in [1.82, 2.24) is 20.2 Å². The normalized spacial score (nSPS) is 16.0. The van der Waals surface area contributed by atoms with Crippen LogP contribution in [-0.4, -0.2) is 46.4 Å². The highest BCUT2D eigenvalue weighted by Gasteiger charge is 2.35. The van der Waals surface area contributed by atoms with Crippen LogP contribution in [0.5, 0.6) is 5.88 Å². The van der Waals surface area contributed by atoms with Crippen LogP contribution in [-0.2, 0) is 4.79 Å². The summed E-state index contributed by atoms with van der Waals surface area (Å²) in [5.41, 5.74) is 1.42. The molecule has 2 N–H and O–H groups in total. The van der Waals surface area contributed by atoms with E-state index in [1.807, 2.05) is 13.8 Å². The molecule has 1 unspecified atom stereocenters. The number of nitrogens with zero attached hydrogens (tertiary/aromatic N) is 3. The molecule has 142 valence electrons. The molecule has 3 heterocycles. The van der Waals surface area contributed by atoms with Crippen LogP contribution < -0.4 is 15.4 Å². The fraction of sp³-hybridized carbons (Fsp3) is 0.333. The fourth-order valence-corrected chi connectivity index (χ4v) is 2.99. The zero-order valence-electron chi connectivity index (χ0n) is 15.2. The van der Waals surface area contributed by atoms with Crippen LogP contribution in [0.2, 0.25) is 5.15 Å². The molecule has 0 bridgehead atoms. The van der Waals surface area contributed by atoms with Gasteiger partial charge in [0.05, 0.1) is 30.3 Å². The molecule has 3 rings (SSSR count). The molecular weight excluding hydrogens is 370 g/mol. The molecule has 9 heteroatoms. The Morgan fingerprint density at radius 3 is 2.93 bits per heavy atom. The summed E-state index contributed by atoms with van der Waals surface area (Å²) < 4.78 is 5.18. The lowest BCUT2D eigenvalue weighted by Gasteiger charge is -2.37. The number of methoxy groups -OCH3 is 1. The SMILES string of the molecule is COc1cccc(C2Nc3cnc(Cl)cc3C(=O)N2CC(=O)NC(C)C)n1. The summed E-state index contributed by atoms with van der Waals surface area (Å²) in [4.78, 5) is 35.3. The van der Waals surface area contributed by atoms with E-state index in [9.17, 15) is 9.59 Å². The standard InChI is InChI=1S/C18H20ClN5O3/c1-10(2)21-15(25)9-24-17(12-5-4-6-16(22-12)27-3)23-13-8-20-14(19)7-11(13)18(24)26/h4-8,10,17,23H,9H2,1-3H3,(H,21,25). The quantitative estimate of drug-likeness (QED) is 0.761. The van der Waals surface area contributed by atoms with Gasteiger partial charge in [-0.15, -0.1) is 0 Å². The van der Waals surface area contributed by atoms with E-state index in [1.165, 1.54) is 24.3 Å². The van der Waals surface area contributed by atoms with Gasteiger partial charge < -0.3 is 20.3 Å². The Balaban J connectivity index is 2.00. The molecule has 27 heavy (non-hydrogen) atoms. The van der Waals surface area contributed by atoms with Gasteiger partial charge in [-0.25, -0.2) is 9.97 Å². The number of carbonyl (C=O) groups is 2. The van der Waals surface area contributed by atoms with Crippen molar-refractivity contribution in [1.29, 1.82) is 0 Å². The van der Waals surface area contributed by atoms with Crippen LogP contribution in [0.3, 0.4) is 0 Å². The number of amides is 2. The molecule has 0 aliphatic carbocycles. The van der Waals surface area contributed by atoms with E-state index in [4.69, 9.17) is 16.3 Å². The van der Waals surface area contributed by atoms with Gasteiger partial charge in [-0.05, 0) is 26.0 Å². The molecule has 1 aliphatic rings. The number of fused-ring (bicyclic) bond motifs is 1. The van der Waals surface area contributed by atoms with Crippen molar-refractivity contribution in [3.05, 3.63) is 46.9 Å². The maximum absolute atomic E-state index is 13.1. The van der Waals surface area contributed by atoms with Crippen LogP contribution in [0.15, 0.2) is 30.5 Å². The van der Waals surface area contributed by atoms with Crippen LogP contribution >= 0.6 is 11.6 Å². The van der Waals surface area contributed by atoms with Gasteiger partial charge in [0.25, 0.3) is 5.91 Å².